The molecule has 5 nitrogen and oxygen atoms in total. The van der Waals surface area contributed by atoms with Crippen LogP contribution in [0.4, 0.5) is 5.69 Å². The zero-order valence-corrected chi connectivity index (χ0v) is 11.0. The third-order valence-corrected chi connectivity index (χ3v) is 3.69. The molecular formula is C13H12N2O3S. The van der Waals surface area contributed by atoms with Crippen molar-refractivity contribution in [2.24, 2.45) is 0 Å². The molecule has 6 heteroatoms. The lowest BCUT2D eigenvalue weighted by atomic mass is 10.1. The fraction of sp³-hybridized carbons (Fsp3) is 0.154. The number of non-ortho nitro benzene ring substituents is 1. The standard InChI is InChI=1S/C13H12N2O3S/c1-9(12-6-3-7-19-12)14-13(16)10-4-2-5-11(8-10)15(17)18/h2-9H,1H3,(H,14,16). The summed E-state index contributed by atoms with van der Waals surface area (Å²) in [4.78, 5) is 23.2. The van der Waals surface area contributed by atoms with Crippen molar-refractivity contribution < 1.29 is 9.72 Å². The predicted molar refractivity (Wildman–Crippen MR) is 73.3 cm³/mol. The zero-order valence-electron chi connectivity index (χ0n) is 10.2. The summed E-state index contributed by atoms with van der Waals surface area (Å²) in [6, 6.07) is 9.42. The number of nitro benzene ring substituents is 1. The van der Waals surface area contributed by atoms with Gasteiger partial charge < -0.3 is 5.32 Å². The first kappa shape index (κ1) is 13.2. The molecule has 1 aromatic carbocycles. The molecule has 98 valence electrons. The minimum Gasteiger partial charge on any atom is -0.345 e. The van der Waals surface area contributed by atoms with Crippen molar-refractivity contribution in [3.63, 3.8) is 0 Å². The van der Waals surface area contributed by atoms with Crippen LogP contribution < -0.4 is 5.32 Å². The van der Waals surface area contributed by atoms with E-state index in [2.05, 4.69) is 5.32 Å². The van der Waals surface area contributed by atoms with E-state index in [9.17, 15) is 14.9 Å². The summed E-state index contributed by atoms with van der Waals surface area (Å²) in [5, 5.41) is 15.4. The van der Waals surface area contributed by atoms with Crippen molar-refractivity contribution in [2.75, 3.05) is 0 Å². The molecule has 19 heavy (non-hydrogen) atoms. The van der Waals surface area contributed by atoms with E-state index in [1.807, 2.05) is 24.4 Å². The number of amides is 1. The number of thiophene rings is 1. The topological polar surface area (TPSA) is 72.2 Å². The number of nitrogens with one attached hydrogen (secondary N) is 1. The van der Waals surface area contributed by atoms with Crippen LogP contribution in [0.5, 0.6) is 0 Å². The molecular weight excluding hydrogens is 264 g/mol. The Morgan fingerprint density at radius 2 is 2.16 bits per heavy atom. The van der Waals surface area contributed by atoms with E-state index in [0.717, 1.165) is 4.88 Å². The van der Waals surface area contributed by atoms with E-state index in [-0.39, 0.29) is 23.2 Å². The number of carbonyl (C=O) groups is 1. The van der Waals surface area contributed by atoms with Gasteiger partial charge in [-0.3, -0.25) is 14.9 Å². The lowest BCUT2D eigenvalue weighted by molar-refractivity contribution is -0.384. The van der Waals surface area contributed by atoms with Gasteiger partial charge in [-0.1, -0.05) is 12.1 Å². The Balaban J connectivity index is 2.12. The first-order chi connectivity index (χ1) is 9.08. The smallest absolute Gasteiger partial charge is 0.270 e. The van der Waals surface area contributed by atoms with Crippen molar-refractivity contribution in [2.45, 2.75) is 13.0 Å². The number of hydrogen-bond donors (Lipinski definition) is 1. The number of rotatable bonds is 4. The highest BCUT2D eigenvalue weighted by Gasteiger charge is 2.14. The lowest BCUT2D eigenvalue weighted by Gasteiger charge is -2.12. The van der Waals surface area contributed by atoms with Gasteiger partial charge >= 0.3 is 0 Å². The van der Waals surface area contributed by atoms with Gasteiger partial charge in [0, 0.05) is 22.6 Å². The van der Waals surface area contributed by atoms with Gasteiger partial charge in [0.05, 0.1) is 11.0 Å². The highest BCUT2D eigenvalue weighted by Crippen LogP contribution is 2.19. The van der Waals surface area contributed by atoms with Crippen LogP contribution in [0, 0.1) is 10.1 Å². The predicted octanol–water partition coefficient (Wildman–Crippen LogP) is 3.15. The Hall–Kier alpha value is -2.21. The molecule has 2 aromatic rings. The first-order valence-electron chi connectivity index (χ1n) is 5.66. The van der Waals surface area contributed by atoms with Gasteiger partial charge in [0.1, 0.15) is 0 Å². The molecule has 1 aromatic heterocycles. The average Bonchev–Trinajstić information content (AvgIpc) is 2.92. The van der Waals surface area contributed by atoms with Crippen molar-refractivity contribution >= 4 is 22.9 Å². The van der Waals surface area contributed by atoms with Gasteiger partial charge in [0.25, 0.3) is 11.6 Å². The minimum absolute atomic E-state index is 0.0866. The van der Waals surface area contributed by atoms with E-state index >= 15 is 0 Å². The second kappa shape index (κ2) is 5.62. The third kappa shape index (κ3) is 3.17. The first-order valence-corrected chi connectivity index (χ1v) is 6.54. The van der Waals surface area contributed by atoms with Crippen LogP contribution in [-0.2, 0) is 0 Å². The molecule has 1 amide bonds. The molecule has 0 bridgehead atoms. The van der Waals surface area contributed by atoms with E-state index in [4.69, 9.17) is 0 Å². The maximum Gasteiger partial charge on any atom is 0.270 e. The minimum atomic E-state index is -0.514. The summed E-state index contributed by atoms with van der Waals surface area (Å²) in [5.41, 5.74) is 0.203. The molecule has 0 spiro atoms. The number of hydrogen-bond acceptors (Lipinski definition) is 4. The van der Waals surface area contributed by atoms with E-state index in [0.29, 0.717) is 0 Å². The van der Waals surface area contributed by atoms with Crippen LogP contribution in [0.1, 0.15) is 28.2 Å². The fourth-order valence-electron chi connectivity index (χ4n) is 1.65. The lowest BCUT2D eigenvalue weighted by Crippen LogP contribution is -2.26. The van der Waals surface area contributed by atoms with Crippen LogP contribution in [0.25, 0.3) is 0 Å². The maximum absolute atomic E-state index is 12.0. The van der Waals surface area contributed by atoms with Gasteiger partial charge in [-0.15, -0.1) is 11.3 Å². The second-order valence-electron chi connectivity index (χ2n) is 4.02. The number of carbonyl (C=O) groups excluding carboxylic acids is 1. The highest BCUT2D eigenvalue weighted by molar-refractivity contribution is 7.10. The summed E-state index contributed by atoms with van der Waals surface area (Å²) < 4.78 is 0. The van der Waals surface area contributed by atoms with Crippen molar-refractivity contribution in [3.05, 3.63) is 62.3 Å². The Morgan fingerprint density at radius 1 is 1.37 bits per heavy atom. The van der Waals surface area contributed by atoms with Crippen molar-refractivity contribution in [1.29, 1.82) is 0 Å². The monoisotopic (exact) mass is 276 g/mol. The fourth-order valence-corrected chi connectivity index (χ4v) is 2.38. The van der Waals surface area contributed by atoms with Gasteiger partial charge in [-0.2, -0.15) is 0 Å². The third-order valence-electron chi connectivity index (χ3n) is 2.64. The Bertz CT molecular complexity index is 596. The number of nitrogens with zero attached hydrogens (tertiary/aromatic N) is 1. The molecule has 1 heterocycles. The largest absolute Gasteiger partial charge is 0.345 e. The number of nitro groups is 1. The summed E-state index contributed by atoms with van der Waals surface area (Å²) in [6.45, 7) is 1.88. The van der Waals surface area contributed by atoms with E-state index in [1.54, 1.807) is 17.4 Å². The van der Waals surface area contributed by atoms with Gasteiger partial charge in [-0.05, 0) is 24.4 Å². The van der Waals surface area contributed by atoms with Gasteiger partial charge in [0.15, 0.2) is 0 Å². The number of benzene rings is 1. The molecule has 0 aliphatic heterocycles. The van der Waals surface area contributed by atoms with Crippen LogP contribution in [0.15, 0.2) is 41.8 Å². The van der Waals surface area contributed by atoms with Crippen LogP contribution in [-0.4, -0.2) is 10.8 Å². The molecule has 0 saturated carbocycles. The molecule has 2 rings (SSSR count). The van der Waals surface area contributed by atoms with Gasteiger partial charge in [-0.25, -0.2) is 0 Å². The summed E-state index contributed by atoms with van der Waals surface area (Å²) >= 11 is 1.55. The Kier molecular flexibility index (Phi) is 3.91. The van der Waals surface area contributed by atoms with Crippen molar-refractivity contribution in [1.82, 2.24) is 5.32 Å². The molecule has 0 aliphatic rings. The Morgan fingerprint density at radius 3 is 2.79 bits per heavy atom. The van der Waals surface area contributed by atoms with E-state index < -0.39 is 4.92 Å². The molecule has 0 fully saturated rings. The summed E-state index contributed by atoms with van der Waals surface area (Å²) in [6.07, 6.45) is 0. The van der Waals surface area contributed by atoms with Crippen LogP contribution >= 0.6 is 11.3 Å². The quantitative estimate of drug-likeness (QED) is 0.688. The second-order valence-corrected chi connectivity index (χ2v) is 5.00. The average molecular weight is 276 g/mol. The Labute approximate surface area is 114 Å². The van der Waals surface area contributed by atoms with Gasteiger partial charge in [0.2, 0.25) is 0 Å². The van der Waals surface area contributed by atoms with E-state index in [1.165, 1.54) is 18.2 Å². The SMILES string of the molecule is CC(NC(=O)c1cccc([N+](=O)[O-])c1)c1cccs1. The van der Waals surface area contributed by atoms with Crippen LogP contribution in [0.2, 0.25) is 0 Å². The summed E-state index contributed by atoms with van der Waals surface area (Å²) in [7, 11) is 0. The highest BCUT2D eigenvalue weighted by atomic mass is 32.1. The molecule has 0 aliphatic carbocycles. The van der Waals surface area contributed by atoms with Crippen molar-refractivity contribution in [3.8, 4) is 0 Å². The molecule has 1 atom stereocenters. The zero-order chi connectivity index (χ0) is 13.8. The molecule has 1 unspecified atom stereocenters. The summed E-state index contributed by atoms with van der Waals surface area (Å²) in [5.74, 6) is -0.315. The molecule has 0 saturated heterocycles. The maximum atomic E-state index is 12.0. The molecule has 0 radical (unpaired) electrons. The molecule has 1 N–H and O–H groups in total. The normalized spacial score (nSPS) is 11.8. The van der Waals surface area contributed by atoms with Crippen LogP contribution in [0.3, 0.4) is 0 Å².